The van der Waals surface area contributed by atoms with Crippen molar-refractivity contribution in [1.29, 1.82) is 0 Å². The SMILES string of the molecule is Cc1ccccc1N(CC(=O)Nc1ccc(S(=O)(=O)Nc2cccc3ccccc23)cc1)S(=O)(=O)c1ccc(Cl)cc1. The molecule has 0 aliphatic rings. The van der Waals surface area contributed by atoms with Crippen molar-refractivity contribution in [2.75, 3.05) is 20.9 Å². The predicted molar refractivity (Wildman–Crippen MR) is 167 cm³/mol. The number of nitrogens with zero attached hydrogens (tertiary/aromatic N) is 1. The average Bonchev–Trinajstić information content (AvgIpc) is 2.97. The van der Waals surface area contributed by atoms with Crippen molar-refractivity contribution in [3.8, 4) is 0 Å². The summed E-state index contributed by atoms with van der Waals surface area (Å²) >= 11 is 5.95. The molecule has 0 spiro atoms. The van der Waals surface area contributed by atoms with Crippen molar-refractivity contribution >= 4 is 65.4 Å². The maximum atomic E-state index is 13.6. The Labute approximate surface area is 249 Å². The second-order valence-corrected chi connectivity index (χ2v) is 13.4. The first kappa shape index (κ1) is 29.1. The molecular formula is C31H26ClN3O5S2. The Kier molecular flexibility index (Phi) is 8.22. The second-order valence-electron chi connectivity index (χ2n) is 9.46. The lowest BCUT2D eigenvalue weighted by Crippen LogP contribution is -2.38. The Morgan fingerprint density at radius 1 is 0.738 bits per heavy atom. The Balaban J connectivity index is 1.35. The molecule has 0 fully saturated rings. The van der Waals surface area contributed by atoms with Gasteiger partial charge in [-0.3, -0.25) is 13.8 Å². The van der Waals surface area contributed by atoms with Crippen LogP contribution in [0.5, 0.6) is 0 Å². The molecule has 0 aromatic heterocycles. The molecular weight excluding hydrogens is 594 g/mol. The molecule has 0 aliphatic carbocycles. The molecule has 214 valence electrons. The van der Waals surface area contributed by atoms with E-state index in [1.54, 1.807) is 43.3 Å². The van der Waals surface area contributed by atoms with Crippen LogP contribution in [0.25, 0.3) is 10.8 Å². The Morgan fingerprint density at radius 3 is 2.07 bits per heavy atom. The van der Waals surface area contributed by atoms with Gasteiger partial charge in [0.05, 0.1) is 21.2 Å². The van der Waals surface area contributed by atoms with Gasteiger partial charge in [-0.25, -0.2) is 16.8 Å². The van der Waals surface area contributed by atoms with Gasteiger partial charge < -0.3 is 5.32 Å². The summed E-state index contributed by atoms with van der Waals surface area (Å²) in [6, 6.07) is 31.0. The number of para-hydroxylation sites is 1. The predicted octanol–water partition coefficient (Wildman–Crippen LogP) is 6.44. The smallest absolute Gasteiger partial charge is 0.264 e. The quantitative estimate of drug-likeness (QED) is 0.197. The van der Waals surface area contributed by atoms with E-state index in [4.69, 9.17) is 11.6 Å². The van der Waals surface area contributed by atoms with Crippen LogP contribution in [0.15, 0.2) is 125 Å². The summed E-state index contributed by atoms with van der Waals surface area (Å²) in [5.74, 6) is -0.611. The molecule has 42 heavy (non-hydrogen) atoms. The van der Waals surface area contributed by atoms with Crippen LogP contribution in [0.4, 0.5) is 17.1 Å². The number of carbonyl (C=O) groups excluding carboxylic acids is 1. The zero-order valence-electron chi connectivity index (χ0n) is 22.4. The number of anilines is 3. The van der Waals surface area contributed by atoms with Crippen molar-refractivity contribution in [1.82, 2.24) is 0 Å². The number of halogens is 1. The lowest BCUT2D eigenvalue weighted by Gasteiger charge is -2.25. The third-order valence-corrected chi connectivity index (χ3v) is 9.96. The third kappa shape index (κ3) is 6.25. The van der Waals surface area contributed by atoms with Crippen LogP contribution >= 0.6 is 11.6 Å². The van der Waals surface area contributed by atoms with E-state index in [1.807, 2.05) is 30.3 Å². The van der Waals surface area contributed by atoms with Crippen LogP contribution in [0, 0.1) is 6.92 Å². The Bertz CT molecular complexity index is 1970. The topological polar surface area (TPSA) is 113 Å². The van der Waals surface area contributed by atoms with Crippen molar-refractivity contribution in [2.45, 2.75) is 16.7 Å². The Hall–Kier alpha value is -4.38. The van der Waals surface area contributed by atoms with Gasteiger partial charge in [0, 0.05) is 16.1 Å². The number of hydrogen-bond donors (Lipinski definition) is 2. The highest BCUT2D eigenvalue weighted by Crippen LogP contribution is 2.28. The first-order valence-corrected chi connectivity index (χ1v) is 16.1. The molecule has 0 heterocycles. The van der Waals surface area contributed by atoms with Crippen molar-refractivity contribution < 1.29 is 21.6 Å². The van der Waals surface area contributed by atoms with Gasteiger partial charge >= 0.3 is 0 Å². The van der Waals surface area contributed by atoms with E-state index in [0.29, 0.717) is 27.6 Å². The minimum absolute atomic E-state index is 0.000265. The van der Waals surface area contributed by atoms with Crippen LogP contribution < -0.4 is 14.3 Å². The largest absolute Gasteiger partial charge is 0.325 e. The number of amides is 1. The average molecular weight is 620 g/mol. The fourth-order valence-corrected chi connectivity index (χ4v) is 7.13. The van der Waals surface area contributed by atoms with Crippen LogP contribution in [0.2, 0.25) is 5.02 Å². The van der Waals surface area contributed by atoms with E-state index in [1.165, 1.54) is 48.5 Å². The Morgan fingerprint density at radius 2 is 1.36 bits per heavy atom. The van der Waals surface area contributed by atoms with E-state index in [9.17, 15) is 21.6 Å². The number of benzene rings is 5. The molecule has 5 rings (SSSR count). The number of hydrogen-bond acceptors (Lipinski definition) is 5. The maximum absolute atomic E-state index is 13.6. The number of sulfonamides is 2. The van der Waals surface area contributed by atoms with Gasteiger partial charge in [0.25, 0.3) is 20.0 Å². The standard InChI is InChI=1S/C31H26ClN3O5S2/c1-22-7-2-5-12-30(22)35(42(39,40)27-17-13-24(32)14-18-27)21-31(36)33-25-15-19-26(20-16-25)41(37,38)34-29-11-6-9-23-8-3-4-10-28(23)29/h2-20,34H,21H2,1H3,(H,33,36). The van der Waals surface area contributed by atoms with Crippen LogP contribution in [0.1, 0.15) is 5.56 Å². The zero-order valence-corrected chi connectivity index (χ0v) is 24.7. The van der Waals surface area contributed by atoms with Crippen molar-refractivity contribution in [3.05, 3.63) is 126 Å². The van der Waals surface area contributed by atoms with Gasteiger partial charge in [-0.2, -0.15) is 0 Å². The first-order chi connectivity index (χ1) is 20.0. The molecule has 11 heteroatoms. The zero-order chi connectivity index (χ0) is 29.9. The fraction of sp³-hybridized carbons (Fsp3) is 0.0645. The van der Waals surface area contributed by atoms with Crippen LogP contribution in [-0.4, -0.2) is 29.3 Å². The van der Waals surface area contributed by atoms with E-state index in [2.05, 4.69) is 10.0 Å². The molecule has 2 N–H and O–H groups in total. The summed E-state index contributed by atoms with van der Waals surface area (Å²) in [4.78, 5) is 13.1. The summed E-state index contributed by atoms with van der Waals surface area (Å²) < 4.78 is 57.1. The normalized spacial score (nSPS) is 11.7. The number of rotatable bonds is 9. The minimum atomic E-state index is -4.13. The third-order valence-electron chi connectivity index (χ3n) is 6.56. The van der Waals surface area contributed by atoms with E-state index >= 15 is 0 Å². The summed E-state index contributed by atoms with van der Waals surface area (Å²) in [7, 11) is -8.05. The molecule has 0 bridgehead atoms. The monoisotopic (exact) mass is 619 g/mol. The highest BCUT2D eigenvalue weighted by Gasteiger charge is 2.28. The van der Waals surface area contributed by atoms with Gasteiger partial charge in [-0.15, -0.1) is 0 Å². The molecule has 5 aromatic carbocycles. The summed E-state index contributed by atoms with van der Waals surface area (Å²) in [5, 5.41) is 4.71. The molecule has 0 radical (unpaired) electrons. The van der Waals surface area contributed by atoms with Gasteiger partial charge in [-0.1, -0.05) is 66.2 Å². The fourth-order valence-electron chi connectivity index (χ4n) is 4.44. The highest BCUT2D eigenvalue weighted by molar-refractivity contribution is 7.93. The first-order valence-electron chi connectivity index (χ1n) is 12.8. The van der Waals surface area contributed by atoms with Crippen molar-refractivity contribution in [2.24, 2.45) is 0 Å². The molecule has 1 amide bonds. The second kappa shape index (κ2) is 11.8. The van der Waals surface area contributed by atoms with Gasteiger partial charge in [-0.05, 0) is 78.5 Å². The van der Waals surface area contributed by atoms with Gasteiger partial charge in [0.2, 0.25) is 5.91 Å². The van der Waals surface area contributed by atoms with Gasteiger partial charge in [0.15, 0.2) is 0 Å². The summed E-state index contributed by atoms with van der Waals surface area (Å²) in [6.07, 6.45) is 0. The van der Waals surface area contributed by atoms with Crippen LogP contribution in [-0.2, 0) is 24.8 Å². The molecule has 0 saturated carbocycles. The van der Waals surface area contributed by atoms with Gasteiger partial charge in [0.1, 0.15) is 6.54 Å². The molecule has 0 atom stereocenters. The van der Waals surface area contributed by atoms with E-state index < -0.39 is 32.5 Å². The summed E-state index contributed by atoms with van der Waals surface area (Å²) in [6.45, 7) is 1.24. The molecule has 0 saturated heterocycles. The lowest BCUT2D eigenvalue weighted by atomic mass is 10.1. The molecule has 0 unspecified atom stereocenters. The van der Waals surface area contributed by atoms with Crippen molar-refractivity contribution in [3.63, 3.8) is 0 Å². The lowest BCUT2D eigenvalue weighted by molar-refractivity contribution is -0.114. The number of nitrogens with one attached hydrogen (secondary N) is 2. The van der Waals surface area contributed by atoms with E-state index in [-0.39, 0.29) is 9.79 Å². The van der Waals surface area contributed by atoms with E-state index in [0.717, 1.165) is 15.1 Å². The number of fused-ring (bicyclic) bond motifs is 1. The van der Waals surface area contributed by atoms with Crippen LogP contribution in [0.3, 0.4) is 0 Å². The molecule has 0 aliphatic heterocycles. The molecule has 8 nitrogen and oxygen atoms in total. The maximum Gasteiger partial charge on any atom is 0.264 e. The minimum Gasteiger partial charge on any atom is -0.325 e. The summed E-state index contributed by atoms with van der Waals surface area (Å²) in [5.41, 5.74) is 1.76. The molecule has 5 aromatic rings. The number of aryl methyl sites for hydroxylation is 1. The highest BCUT2D eigenvalue weighted by atomic mass is 35.5. The number of carbonyl (C=O) groups is 1.